The molecule has 0 bridgehead atoms. The number of H-pyrrole nitrogens is 1. The molecule has 0 saturated heterocycles. The van der Waals surface area contributed by atoms with E-state index in [4.69, 9.17) is 10.5 Å². The number of hydrogen-bond donors (Lipinski definition) is 3. The first-order chi connectivity index (χ1) is 9.66. The molecule has 1 aliphatic rings. The van der Waals surface area contributed by atoms with E-state index in [0.29, 0.717) is 19.2 Å². The fraction of sp³-hybridized carbons (Fsp3) is 0.571. The van der Waals surface area contributed by atoms with E-state index >= 15 is 0 Å². The van der Waals surface area contributed by atoms with E-state index in [-0.39, 0.29) is 23.0 Å². The number of amides is 1. The van der Waals surface area contributed by atoms with Crippen molar-refractivity contribution in [1.82, 2.24) is 10.3 Å². The van der Waals surface area contributed by atoms with Crippen LogP contribution in [0.3, 0.4) is 0 Å². The zero-order chi connectivity index (χ0) is 14.4. The molecule has 2 rings (SSSR count). The van der Waals surface area contributed by atoms with Gasteiger partial charge in [-0.25, -0.2) is 0 Å². The van der Waals surface area contributed by atoms with Gasteiger partial charge in [-0.3, -0.25) is 9.59 Å². The molecule has 110 valence electrons. The minimum atomic E-state index is -0.374. The van der Waals surface area contributed by atoms with Crippen LogP contribution in [0.1, 0.15) is 36.0 Å². The van der Waals surface area contributed by atoms with Crippen molar-refractivity contribution in [2.45, 2.75) is 37.8 Å². The van der Waals surface area contributed by atoms with Crippen LogP contribution in [0.5, 0.6) is 0 Å². The third kappa shape index (κ3) is 4.18. The number of nitrogens with one attached hydrogen (secondary N) is 2. The summed E-state index contributed by atoms with van der Waals surface area (Å²) in [4.78, 5) is 25.9. The van der Waals surface area contributed by atoms with Crippen LogP contribution in [0.4, 0.5) is 0 Å². The van der Waals surface area contributed by atoms with Gasteiger partial charge in [0.2, 0.25) is 0 Å². The molecule has 0 radical (unpaired) electrons. The lowest BCUT2D eigenvalue weighted by molar-refractivity contribution is 0.0267. The Morgan fingerprint density at radius 2 is 2.15 bits per heavy atom. The lowest BCUT2D eigenvalue weighted by Gasteiger charge is -2.26. The molecule has 1 amide bonds. The van der Waals surface area contributed by atoms with Crippen LogP contribution < -0.4 is 16.5 Å². The Morgan fingerprint density at radius 3 is 2.85 bits per heavy atom. The van der Waals surface area contributed by atoms with Gasteiger partial charge in [0.25, 0.3) is 5.91 Å². The number of ether oxygens (including phenoxy) is 1. The number of rotatable bonds is 5. The second-order valence-electron chi connectivity index (χ2n) is 5.09. The molecule has 4 N–H and O–H groups in total. The molecular weight excluding hydrogens is 258 g/mol. The van der Waals surface area contributed by atoms with Crippen molar-refractivity contribution in [2.75, 3.05) is 13.2 Å². The van der Waals surface area contributed by atoms with Crippen molar-refractivity contribution in [3.05, 3.63) is 34.2 Å². The standard InChI is InChI=1S/C14H21N3O3/c15-10-1-3-11(4-2-10)20-8-7-17-14(19)12-9-16-6-5-13(12)18/h5-6,9-11H,1-4,7-8,15H2,(H,16,18)(H,17,19). The van der Waals surface area contributed by atoms with Gasteiger partial charge in [0, 0.05) is 31.0 Å². The van der Waals surface area contributed by atoms with Crippen LogP contribution in [0.25, 0.3) is 0 Å². The highest BCUT2D eigenvalue weighted by molar-refractivity contribution is 5.93. The van der Waals surface area contributed by atoms with Crippen molar-refractivity contribution in [3.63, 3.8) is 0 Å². The summed E-state index contributed by atoms with van der Waals surface area (Å²) in [5.41, 5.74) is 5.66. The van der Waals surface area contributed by atoms with Crippen molar-refractivity contribution in [1.29, 1.82) is 0 Å². The van der Waals surface area contributed by atoms with Gasteiger partial charge in [-0.15, -0.1) is 0 Å². The lowest BCUT2D eigenvalue weighted by Crippen LogP contribution is -2.34. The van der Waals surface area contributed by atoms with Gasteiger partial charge in [-0.2, -0.15) is 0 Å². The van der Waals surface area contributed by atoms with Gasteiger partial charge in [0.15, 0.2) is 5.43 Å². The Labute approximate surface area is 117 Å². The van der Waals surface area contributed by atoms with Crippen LogP contribution in [0.15, 0.2) is 23.3 Å². The largest absolute Gasteiger partial charge is 0.376 e. The molecular formula is C14H21N3O3. The molecule has 0 unspecified atom stereocenters. The highest BCUT2D eigenvalue weighted by atomic mass is 16.5. The molecule has 1 aliphatic carbocycles. The molecule has 6 heteroatoms. The highest BCUT2D eigenvalue weighted by Crippen LogP contribution is 2.19. The van der Waals surface area contributed by atoms with Crippen LogP contribution in [0, 0.1) is 0 Å². The minimum Gasteiger partial charge on any atom is -0.376 e. The first-order valence-corrected chi connectivity index (χ1v) is 6.99. The molecule has 1 fully saturated rings. The maximum atomic E-state index is 11.8. The summed E-state index contributed by atoms with van der Waals surface area (Å²) < 4.78 is 5.69. The van der Waals surface area contributed by atoms with E-state index in [1.165, 1.54) is 18.5 Å². The third-order valence-corrected chi connectivity index (χ3v) is 3.53. The Kier molecular flexibility index (Phi) is 5.31. The van der Waals surface area contributed by atoms with E-state index in [1.807, 2.05) is 0 Å². The molecule has 0 atom stereocenters. The molecule has 6 nitrogen and oxygen atoms in total. The first kappa shape index (κ1) is 14.7. The quantitative estimate of drug-likeness (QED) is 0.679. The number of aromatic amines is 1. The Morgan fingerprint density at radius 1 is 1.40 bits per heavy atom. The van der Waals surface area contributed by atoms with Gasteiger partial charge in [-0.1, -0.05) is 0 Å². The molecule has 0 aliphatic heterocycles. The first-order valence-electron chi connectivity index (χ1n) is 6.99. The maximum Gasteiger partial charge on any atom is 0.256 e. The van der Waals surface area contributed by atoms with Gasteiger partial charge in [0.1, 0.15) is 5.56 Å². The van der Waals surface area contributed by atoms with Gasteiger partial charge in [0.05, 0.1) is 12.7 Å². The van der Waals surface area contributed by atoms with Crippen molar-refractivity contribution in [3.8, 4) is 0 Å². The van der Waals surface area contributed by atoms with Crippen LogP contribution in [-0.2, 0) is 4.74 Å². The summed E-state index contributed by atoms with van der Waals surface area (Å²) >= 11 is 0. The lowest BCUT2D eigenvalue weighted by atomic mass is 9.94. The average molecular weight is 279 g/mol. The fourth-order valence-electron chi connectivity index (χ4n) is 2.33. The molecule has 20 heavy (non-hydrogen) atoms. The molecule has 1 saturated carbocycles. The van der Waals surface area contributed by atoms with Crippen LogP contribution in [0.2, 0.25) is 0 Å². The van der Waals surface area contributed by atoms with E-state index in [0.717, 1.165) is 25.7 Å². The zero-order valence-corrected chi connectivity index (χ0v) is 11.4. The third-order valence-electron chi connectivity index (χ3n) is 3.53. The smallest absolute Gasteiger partial charge is 0.256 e. The SMILES string of the molecule is NC1CCC(OCCNC(=O)c2c[nH]ccc2=O)CC1. The van der Waals surface area contributed by atoms with Crippen molar-refractivity contribution in [2.24, 2.45) is 5.73 Å². The fourth-order valence-corrected chi connectivity index (χ4v) is 2.33. The topological polar surface area (TPSA) is 97.2 Å². The Hall–Kier alpha value is -1.66. The van der Waals surface area contributed by atoms with Crippen LogP contribution in [-0.4, -0.2) is 36.2 Å². The number of hydrogen-bond acceptors (Lipinski definition) is 4. The number of pyridine rings is 1. The van der Waals surface area contributed by atoms with Crippen molar-refractivity contribution >= 4 is 5.91 Å². The summed E-state index contributed by atoms with van der Waals surface area (Å²) in [6.07, 6.45) is 7.09. The van der Waals surface area contributed by atoms with Gasteiger partial charge < -0.3 is 20.8 Å². The van der Waals surface area contributed by atoms with Gasteiger partial charge >= 0.3 is 0 Å². The molecule has 1 aromatic rings. The van der Waals surface area contributed by atoms with E-state index < -0.39 is 0 Å². The van der Waals surface area contributed by atoms with E-state index in [9.17, 15) is 9.59 Å². The predicted octanol–water partition coefficient (Wildman–Crippen LogP) is 0.391. The summed E-state index contributed by atoms with van der Waals surface area (Å²) in [7, 11) is 0. The zero-order valence-electron chi connectivity index (χ0n) is 11.4. The summed E-state index contributed by atoms with van der Waals surface area (Å²) in [5, 5.41) is 2.68. The Balaban J connectivity index is 1.67. The molecule has 0 aromatic carbocycles. The average Bonchev–Trinajstić information content (AvgIpc) is 2.46. The number of carbonyl (C=O) groups excluding carboxylic acids is 1. The van der Waals surface area contributed by atoms with Gasteiger partial charge in [-0.05, 0) is 25.7 Å². The van der Waals surface area contributed by atoms with Crippen molar-refractivity contribution < 1.29 is 9.53 Å². The summed E-state index contributed by atoms with van der Waals surface area (Å²) in [6.45, 7) is 0.853. The number of nitrogens with two attached hydrogens (primary N) is 1. The number of aromatic nitrogens is 1. The van der Waals surface area contributed by atoms with E-state index in [1.54, 1.807) is 0 Å². The summed E-state index contributed by atoms with van der Waals surface area (Å²) in [6, 6.07) is 1.63. The Bertz CT molecular complexity index is 492. The minimum absolute atomic E-state index is 0.121. The molecule has 1 heterocycles. The molecule has 1 aromatic heterocycles. The van der Waals surface area contributed by atoms with Crippen LogP contribution >= 0.6 is 0 Å². The summed E-state index contributed by atoms with van der Waals surface area (Å²) in [5.74, 6) is -0.374. The normalized spacial score (nSPS) is 22.4. The second kappa shape index (κ2) is 7.21. The highest BCUT2D eigenvalue weighted by Gasteiger charge is 2.18. The monoisotopic (exact) mass is 279 g/mol. The number of carbonyl (C=O) groups is 1. The molecule has 0 spiro atoms. The predicted molar refractivity (Wildman–Crippen MR) is 75.6 cm³/mol. The second-order valence-corrected chi connectivity index (χ2v) is 5.09. The maximum absolute atomic E-state index is 11.8. The van der Waals surface area contributed by atoms with E-state index in [2.05, 4.69) is 10.3 Å².